The van der Waals surface area contributed by atoms with Gasteiger partial charge >= 0.3 is 0 Å². The van der Waals surface area contributed by atoms with Gasteiger partial charge in [-0.15, -0.1) is 0 Å². The van der Waals surface area contributed by atoms with Crippen LogP contribution in [-0.2, 0) is 7.05 Å². The summed E-state index contributed by atoms with van der Waals surface area (Å²) in [6.45, 7) is 4.41. The van der Waals surface area contributed by atoms with E-state index in [1.54, 1.807) is 29.3 Å². The zero-order valence-electron chi connectivity index (χ0n) is 17.5. The number of ether oxygens (including phenoxy) is 1. The Morgan fingerprint density at radius 1 is 1.19 bits per heavy atom. The number of nitrogens with zero attached hydrogens (tertiary/aromatic N) is 5. The van der Waals surface area contributed by atoms with E-state index in [0.29, 0.717) is 35.1 Å². The molecule has 3 aromatic heterocycles. The molecule has 4 rings (SSSR count). The second-order valence-electron chi connectivity index (χ2n) is 7.02. The van der Waals surface area contributed by atoms with Crippen molar-refractivity contribution in [3.63, 3.8) is 0 Å². The van der Waals surface area contributed by atoms with E-state index in [9.17, 15) is 4.79 Å². The molecule has 0 aliphatic rings. The lowest BCUT2D eigenvalue weighted by molar-refractivity contribution is 0.102. The van der Waals surface area contributed by atoms with Crippen LogP contribution in [0.1, 0.15) is 35.8 Å². The van der Waals surface area contributed by atoms with Crippen LogP contribution in [0.25, 0.3) is 11.2 Å². The Hall–Kier alpha value is -4.01. The van der Waals surface area contributed by atoms with E-state index in [4.69, 9.17) is 4.74 Å². The number of rotatable bonds is 7. The van der Waals surface area contributed by atoms with E-state index in [-0.39, 0.29) is 11.9 Å². The zero-order valence-corrected chi connectivity index (χ0v) is 17.5. The van der Waals surface area contributed by atoms with Gasteiger partial charge in [0.1, 0.15) is 17.1 Å². The number of amides is 1. The van der Waals surface area contributed by atoms with Crippen molar-refractivity contribution in [2.45, 2.75) is 19.9 Å². The molecule has 0 unspecified atom stereocenters. The summed E-state index contributed by atoms with van der Waals surface area (Å²) in [6.07, 6.45) is 6.46. The molecule has 0 saturated carbocycles. The summed E-state index contributed by atoms with van der Waals surface area (Å²) in [5.41, 5.74) is 3.56. The first kappa shape index (κ1) is 20.3. The Labute approximate surface area is 179 Å². The molecular formula is C22H23N7O2. The zero-order chi connectivity index (χ0) is 21.8. The Balaban J connectivity index is 1.47. The van der Waals surface area contributed by atoms with Crippen LogP contribution >= 0.6 is 0 Å². The van der Waals surface area contributed by atoms with Crippen molar-refractivity contribution in [3.8, 4) is 5.75 Å². The molecule has 1 atom stereocenters. The average Bonchev–Trinajstić information content (AvgIpc) is 3.14. The van der Waals surface area contributed by atoms with E-state index < -0.39 is 0 Å². The van der Waals surface area contributed by atoms with Gasteiger partial charge < -0.3 is 15.4 Å². The maximum absolute atomic E-state index is 12.6. The second-order valence-corrected chi connectivity index (χ2v) is 7.02. The average molecular weight is 417 g/mol. The monoisotopic (exact) mass is 417 g/mol. The summed E-state index contributed by atoms with van der Waals surface area (Å²) in [5, 5.41) is 10.4. The molecule has 0 saturated heterocycles. The van der Waals surface area contributed by atoms with E-state index >= 15 is 0 Å². The third kappa shape index (κ3) is 4.61. The van der Waals surface area contributed by atoms with Crippen LogP contribution < -0.4 is 15.4 Å². The minimum atomic E-state index is -0.251. The van der Waals surface area contributed by atoms with Gasteiger partial charge in [0.2, 0.25) is 0 Å². The molecule has 2 N–H and O–H groups in total. The van der Waals surface area contributed by atoms with Gasteiger partial charge in [-0.1, -0.05) is 12.1 Å². The van der Waals surface area contributed by atoms with Crippen LogP contribution in [0.3, 0.4) is 0 Å². The minimum Gasteiger partial charge on any atom is -0.492 e. The molecule has 0 radical (unpaired) electrons. The number of hydrogen-bond acceptors (Lipinski definition) is 7. The third-order valence-electron chi connectivity index (χ3n) is 4.74. The van der Waals surface area contributed by atoms with Crippen molar-refractivity contribution >= 4 is 28.6 Å². The fourth-order valence-electron chi connectivity index (χ4n) is 3.17. The first-order valence-corrected chi connectivity index (χ1v) is 9.94. The predicted octanol–water partition coefficient (Wildman–Crippen LogP) is 3.58. The summed E-state index contributed by atoms with van der Waals surface area (Å²) in [4.78, 5) is 25.6. The highest BCUT2D eigenvalue weighted by molar-refractivity contribution is 6.04. The van der Waals surface area contributed by atoms with Gasteiger partial charge in [-0.05, 0) is 37.6 Å². The summed E-state index contributed by atoms with van der Waals surface area (Å²) in [5.74, 6) is 0.962. The van der Waals surface area contributed by atoms with Crippen molar-refractivity contribution < 1.29 is 9.53 Å². The Kier molecular flexibility index (Phi) is 5.74. The third-order valence-corrected chi connectivity index (χ3v) is 4.74. The normalized spacial score (nSPS) is 11.8. The minimum absolute atomic E-state index is 0.0558. The molecule has 158 valence electrons. The largest absolute Gasteiger partial charge is 0.492 e. The lowest BCUT2D eigenvalue weighted by atomic mass is 10.1. The first-order chi connectivity index (χ1) is 15.0. The van der Waals surface area contributed by atoms with E-state index in [2.05, 4.69) is 30.7 Å². The van der Waals surface area contributed by atoms with Crippen molar-refractivity contribution in [2.24, 2.45) is 7.05 Å². The molecule has 0 aliphatic heterocycles. The number of pyridine rings is 1. The number of carbonyl (C=O) groups is 1. The fourth-order valence-corrected chi connectivity index (χ4v) is 3.17. The number of carbonyl (C=O) groups excluding carboxylic acids is 1. The second kappa shape index (κ2) is 8.78. The summed E-state index contributed by atoms with van der Waals surface area (Å²) in [7, 11) is 1.83. The fraction of sp³-hybridized carbons (Fsp3) is 0.227. The van der Waals surface area contributed by atoms with Gasteiger partial charge in [-0.3, -0.25) is 9.78 Å². The van der Waals surface area contributed by atoms with E-state index in [1.807, 2.05) is 45.2 Å². The number of nitrogens with one attached hydrogen (secondary N) is 2. The molecule has 9 nitrogen and oxygen atoms in total. The molecule has 0 spiro atoms. The topological polar surface area (TPSA) is 107 Å². The Morgan fingerprint density at radius 2 is 2.06 bits per heavy atom. The van der Waals surface area contributed by atoms with Crippen LogP contribution in [0.4, 0.5) is 11.5 Å². The molecular weight excluding hydrogens is 394 g/mol. The molecule has 1 amide bonds. The maximum Gasteiger partial charge on any atom is 0.257 e. The molecule has 9 heteroatoms. The highest BCUT2D eigenvalue weighted by Gasteiger charge is 2.12. The van der Waals surface area contributed by atoms with Gasteiger partial charge in [0, 0.05) is 18.9 Å². The quantitative estimate of drug-likeness (QED) is 0.473. The summed E-state index contributed by atoms with van der Waals surface area (Å²) in [6, 6.07) is 9.27. The number of aromatic nitrogens is 5. The summed E-state index contributed by atoms with van der Waals surface area (Å²) >= 11 is 0. The van der Waals surface area contributed by atoms with Gasteiger partial charge in [-0.2, -0.15) is 5.10 Å². The molecule has 31 heavy (non-hydrogen) atoms. The van der Waals surface area contributed by atoms with Crippen LogP contribution in [0, 0.1) is 0 Å². The molecule has 3 heterocycles. The van der Waals surface area contributed by atoms with Crippen molar-refractivity contribution in [1.82, 2.24) is 24.7 Å². The van der Waals surface area contributed by atoms with Gasteiger partial charge in [-0.25, -0.2) is 14.6 Å². The van der Waals surface area contributed by atoms with Crippen molar-refractivity contribution in [2.75, 3.05) is 17.2 Å². The van der Waals surface area contributed by atoms with Crippen LogP contribution in [0.15, 0.2) is 55.1 Å². The number of hydrogen-bond donors (Lipinski definition) is 2. The highest BCUT2D eigenvalue weighted by atomic mass is 16.5. The number of fused-ring (bicyclic) bond motifs is 1. The molecule has 0 aliphatic carbocycles. The van der Waals surface area contributed by atoms with Gasteiger partial charge in [0.15, 0.2) is 5.65 Å². The molecule has 0 bridgehead atoms. The van der Waals surface area contributed by atoms with Crippen LogP contribution in [0.5, 0.6) is 5.75 Å². The van der Waals surface area contributed by atoms with Crippen LogP contribution in [-0.4, -0.2) is 37.2 Å². The van der Waals surface area contributed by atoms with Gasteiger partial charge in [0.25, 0.3) is 5.91 Å². The lowest BCUT2D eigenvalue weighted by Crippen LogP contribution is -2.13. The molecule has 1 aromatic carbocycles. The molecule has 0 fully saturated rings. The van der Waals surface area contributed by atoms with E-state index in [1.165, 1.54) is 6.20 Å². The highest BCUT2D eigenvalue weighted by Crippen LogP contribution is 2.22. The Morgan fingerprint density at radius 3 is 2.90 bits per heavy atom. The maximum atomic E-state index is 12.6. The Bertz CT molecular complexity index is 1220. The van der Waals surface area contributed by atoms with Crippen molar-refractivity contribution in [3.05, 3.63) is 66.2 Å². The van der Waals surface area contributed by atoms with Crippen molar-refractivity contribution in [1.29, 1.82) is 0 Å². The molecule has 4 aromatic rings. The van der Waals surface area contributed by atoms with Crippen LogP contribution in [0.2, 0.25) is 0 Å². The number of aryl methyl sites for hydroxylation is 1. The van der Waals surface area contributed by atoms with Gasteiger partial charge in [0.05, 0.1) is 36.8 Å². The smallest absolute Gasteiger partial charge is 0.257 e. The standard InChI is InChI=1S/C22H23N7O2/c1-4-31-18-9-16(10-23-11-18)22(30)27-17-7-5-6-15(8-17)14(2)26-20-13-24-19-12-25-29(3)21(19)28-20/h5-14H,4H2,1-3H3,(H,26,28)(H,27,30)/t14-/m0/s1. The first-order valence-electron chi connectivity index (χ1n) is 9.94. The number of anilines is 2. The summed E-state index contributed by atoms with van der Waals surface area (Å²) < 4.78 is 7.10. The van der Waals surface area contributed by atoms with E-state index in [0.717, 1.165) is 11.1 Å². The predicted molar refractivity (Wildman–Crippen MR) is 118 cm³/mol. The number of benzene rings is 1. The lowest BCUT2D eigenvalue weighted by Gasteiger charge is -2.16. The SMILES string of the molecule is CCOc1cncc(C(=O)Nc2cccc([C@H](C)Nc3cnc4cnn(C)c4n3)c2)c1.